The maximum absolute atomic E-state index is 14.2. The van der Waals surface area contributed by atoms with Crippen LogP contribution in [0.25, 0.3) is 0 Å². The second-order valence-corrected chi connectivity index (χ2v) is 15.0. The van der Waals surface area contributed by atoms with Crippen LogP contribution in [0.15, 0.2) is 66.7 Å². The zero-order chi connectivity index (χ0) is 40.4. The first-order valence-corrected chi connectivity index (χ1v) is 19.0. The lowest BCUT2D eigenvalue weighted by Gasteiger charge is -2.29. The van der Waals surface area contributed by atoms with Crippen LogP contribution in [-0.4, -0.2) is 97.6 Å². The number of fused-ring (bicyclic) bond motifs is 17. The standard InChI is InChI=1S/C42H53N5O9/c1-25(2)18-31-24-56-33-15-10-28(11-16-33)20-35(45-39(50)30-12-17-37(55-5)36(48)21-30)41(52)46-34(19-27-8-13-32(54-4)14-9-27)40(51)43-26(3)42(53)47(22-29-6-7-29)23-38(49)44-31/h8-17,21,25-26,29,31,34-35,48H,6-7,18-20,22-24H2,1-5H3,(H,43,51)(H,44,49)(H,45,50)(H,46,52)/t26-,31+,34+,35+/m1/s1. The molecule has 2 heterocycles. The first-order valence-electron chi connectivity index (χ1n) is 19.0. The fourth-order valence-corrected chi connectivity index (χ4v) is 6.59. The van der Waals surface area contributed by atoms with Gasteiger partial charge in [-0.2, -0.15) is 0 Å². The van der Waals surface area contributed by atoms with Crippen molar-refractivity contribution in [2.24, 2.45) is 11.8 Å². The molecule has 1 saturated carbocycles. The van der Waals surface area contributed by atoms with Crippen LogP contribution in [0.3, 0.4) is 0 Å². The van der Waals surface area contributed by atoms with Crippen LogP contribution >= 0.6 is 0 Å². The third-order valence-electron chi connectivity index (χ3n) is 9.78. The van der Waals surface area contributed by atoms with Crippen LogP contribution < -0.4 is 35.5 Å². The number of nitrogens with zero attached hydrogens (tertiary/aromatic N) is 1. The highest BCUT2D eigenvalue weighted by molar-refractivity contribution is 5.99. The molecule has 2 bridgehead atoms. The second kappa shape index (κ2) is 19.2. The van der Waals surface area contributed by atoms with Crippen LogP contribution in [0, 0.1) is 11.8 Å². The Labute approximate surface area is 327 Å². The monoisotopic (exact) mass is 771 g/mol. The Kier molecular flexibility index (Phi) is 14.2. The van der Waals surface area contributed by atoms with Crippen molar-refractivity contribution in [1.82, 2.24) is 26.2 Å². The highest BCUT2D eigenvalue weighted by atomic mass is 16.5. The van der Waals surface area contributed by atoms with Crippen molar-refractivity contribution in [2.75, 3.05) is 33.9 Å². The molecule has 6 rings (SSSR count). The first-order chi connectivity index (χ1) is 26.8. The molecule has 3 aromatic rings. The molecular weight excluding hydrogens is 718 g/mol. The smallest absolute Gasteiger partial charge is 0.252 e. The summed E-state index contributed by atoms with van der Waals surface area (Å²) in [5, 5.41) is 21.8. The second-order valence-electron chi connectivity index (χ2n) is 15.0. The van der Waals surface area contributed by atoms with Gasteiger partial charge in [-0.15, -0.1) is 0 Å². The highest BCUT2D eigenvalue weighted by Gasteiger charge is 2.34. The number of benzene rings is 3. The van der Waals surface area contributed by atoms with Gasteiger partial charge in [-0.05, 0) is 91.6 Å². The van der Waals surface area contributed by atoms with E-state index in [-0.39, 0.29) is 66.8 Å². The third kappa shape index (κ3) is 11.9. The fourth-order valence-electron chi connectivity index (χ4n) is 6.59. The molecular formula is C42H53N5O9. The number of carbonyl (C=O) groups excluding carboxylic acids is 5. The molecule has 0 aromatic heterocycles. The number of hydrogen-bond acceptors (Lipinski definition) is 9. The molecule has 14 nitrogen and oxygen atoms in total. The highest BCUT2D eigenvalue weighted by Crippen LogP contribution is 2.30. The average Bonchev–Trinajstić information content (AvgIpc) is 4.00. The summed E-state index contributed by atoms with van der Waals surface area (Å²) in [6.07, 6.45) is 2.62. The van der Waals surface area contributed by atoms with E-state index in [0.717, 1.165) is 12.8 Å². The molecule has 56 heavy (non-hydrogen) atoms. The normalized spacial score (nSPS) is 21.4. The van der Waals surface area contributed by atoms with Gasteiger partial charge < -0.3 is 45.5 Å². The van der Waals surface area contributed by atoms with Gasteiger partial charge in [0.2, 0.25) is 23.6 Å². The van der Waals surface area contributed by atoms with Crippen molar-refractivity contribution in [3.63, 3.8) is 0 Å². The van der Waals surface area contributed by atoms with Crippen LogP contribution in [0.5, 0.6) is 23.0 Å². The van der Waals surface area contributed by atoms with E-state index < -0.39 is 41.8 Å². The van der Waals surface area contributed by atoms with Gasteiger partial charge in [-0.1, -0.05) is 38.1 Å². The topological polar surface area (TPSA) is 185 Å². The lowest BCUT2D eigenvalue weighted by molar-refractivity contribution is -0.140. The number of nitrogens with one attached hydrogen (secondary N) is 4. The van der Waals surface area contributed by atoms with Crippen molar-refractivity contribution in [1.29, 1.82) is 0 Å². The van der Waals surface area contributed by atoms with Gasteiger partial charge in [-0.3, -0.25) is 24.0 Å². The van der Waals surface area contributed by atoms with Gasteiger partial charge >= 0.3 is 0 Å². The first kappa shape index (κ1) is 41.4. The Bertz CT molecular complexity index is 1850. The minimum absolute atomic E-state index is 0.0356. The van der Waals surface area contributed by atoms with Crippen molar-refractivity contribution >= 4 is 29.5 Å². The summed E-state index contributed by atoms with van der Waals surface area (Å²) in [6.45, 7) is 6.05. The Morgan fingerprint density at radius 3 is 2.27 bits per heavy atom. The van der Waals surface area contributed by atoms with E-state index >= 15 is 0 Å². The maximum atomic E-state index is 14.2. The number of amides is 5. The van der Waals surface area contributed by atoms with Gasteiger partial charge in [-0.25, -0.2) is 0 Å². The van der Waals surface area contributed by atoms with E-state index in [1.165, 1.54) is 30.2 Å². The number of methoxy groups -OCH3 is 2. The molecule has 0 radical (unpaired) electrons. The molecule has 14 heteroatoms. The summed E-state index contributed by atoms with van der Waals surface area (Å²) < 4.78 is 16.5. The van der Waals surface area contributed by atoms with E-state index in [4.69, 9.17) is 14.2 Å². The summed E-state index contributed by atoms with van der Waals surface area (Å²) in [7, 11) is 2.93. The molecule has 5 amide bonds. The van der Waals surface area contributed by atoms with E-state index in [9.17, 15) is 29.1 Å². The minimum atomic E-state index is -1.17. The summed E-state index contributed by atoms with van der Waals surface area (Å²) >= 11 is 0. The summed E-state index contributed by atoms with van der Waals surface area (Å²) in [4.78, 5) is 70.7. The summed E-state index contributed by atoms with van der Waals surface area (Å²) in [6, 6.07) is 14.5. The van der Waals surface area contributed by atoms with Crippen molar-refractivity contribution in [3.05, 3.63) is 83.4 Å². The summed E-state index contributed by atoms with van der Waals surface area (Å²) in [5.41, 5.74) is 1.47. The zero-order valence-electron chi connectivity index (χ0n) is 32.6. The molecule has 0 spiro atoms. The third-order valence-corrected chi connectivity index (χ3v) is 9.78. The van der Waals surface area contributed by atoms with E-state index in [1.54, 1.807) is 62.6 Å². The Hall–Kier alpha value is -5.79. The number of phenolic OH excluding ortho intramolecular Hbond substituents is 1. The lowest BCUT2D eigenvalue weighted by Crippen LogP contribution is -2.58. The Morgan fingerprint density at radius 2 is 1.64 bits per heavy atom. The van der Waals surface area contributed by atoms with Crippen LogP contribution in [0.1, 0.15) is 61.5 Å². The quantitative estimate of drug-likeness (QED) is 0.193. The predicted octanol–water partition coefficient (Wildman–Crippen LogP) is 3.14. The molecule has 0 unspecified atom stereocenters. The molecule has 1 aliphatic carbocycles. The number of hydrogen-bond donors (Lipinski definition) is 5. The maximum Gasteiger partial charge on any atom is 0.252 e. The number of ether oxygens (including phenoxy) is 3. The van der Waals surface area contributed by atoms with Gasteiger partial charge in [0.05, 0.1) is 26.8 Å². The molecule has 3 aliphatic rings. The fraction of sp³-hybridized carbons (Fsp3) is 0.452. The van der Waals surface area contributed by atoms with E-state index in [1.807, 2.05) is 0 Å². The molecule has 4 atom stereocenters. The zero-order valence-corrected chi connectivity index (χ0v) is 32.6. The van der Waals surface area contributed by atoms with Gasteiger partial charge in [0, 0.05) is 24.9 Å². The van der Waals surface area contributed by atoms with Crippen molar-refractivity contribution < 1.29 is 43.3 Å². The van der Waals surface area contributed by atoms with Gasteiger partial charge in [0.15, 0.2) is 11.5 Å². The minimum Gasteiger partial charge on any atom is -0.504 e. The van der Waals surface area contributed by atoms with Gasteiger partial charge in [0.25, 0.3) is 5.91 Å². The molecule has 5 N–H and O–H groups in total. The molecule has 300 valence electrons. The van der Waals surface area contributed by atoms with Crippen molar-refractivity contribution in [2.45, 2.75) is 77.0 Å². The van der Waals surface area contributed by atoms with E-state index in [0.29, 0.717) is 35.6 Å². The van der Waals surface area contributed by atoms with Crippen molar-refractivity contribution in [3.8, 4) is 23.0 Å². The molecule has 3 aromatic carbocycles. The van der Waals surface area contributed by atoms with E-state index in [2.05, 4.69) is 35.1 Å². The predicted molar refractivity (Wildman–Crippen MR) is 208 cm³/mol. The summed E-state index contributed by atoms with van der Waals surface area (Å²) in [5.74, 6) is -1.05. The number of rotatable bonds is 10. The average molecular weight is 772 g/mol. The molecule has 0 saturated heterocycles. The number of phenols is 1. The van der Waals surface area contributed by atoms with Crippen LogP contribution in [0.2, 0.25) is 0 Å². The molecule has 2 aliphatic heterocycles. The number of aromatic hydroxyl groups is 1. The lowest BCUT2D eigenvalue weighted by atomic mass is 10.0. The van der Waals surface area contributed by atoms with Crippen LogP contribution in [-0.2, 0) is 32.0 Å². The SMILES string of the molecule is COc1ccc(C[C@@H]2NC(=O)[C@@H](NC(=O)c3ccc(OC)c(O)c3)Cc3ccc(cc3)OC[C@H](CC(C)C)NC(=O)CN(CC3CC3)C(=O)[C@@H](C)NC2=O)cc1. The molecule has 1 fully saturated rings. The Balaban J connectivity index is 1.48. The number of carbonyl (C=O) groups is 5. The van der Waals surface area contributed by atoms with Crippen LogP contribution in [0.4, 0.5) is 0 Å². The Morgan fingerprint density at radius 1 is 0.929 bits per heavy atom. The largest absolute Gasteiger partial charge is 0.504 e. The van der Waals surface area contributed by atoms with Gasteiger partial charge in [0.1, 0.15) is 36.2 Å².